The summed E-state index contributed by atoms with van der Waals surface area (Å²) in [5, 5.41) is 8.68. The lowest BCUT2D eigenvalue weighted by atomic mass is 9.99. The minimum absolute atomic E-state index is 0.0579. The van der Waals surface area contributed by atoms with Gasteiger partial charge >= 0.3 is 0 Å². The number of nitriles is 1. The third-order valence-corrected chi connectivity index (χ3v) is 2.44. The van der Waals surface area contributed by atoms with Crippen molar-refractivity contribution in [2.24, 2.45) is 5.73 Å². The molecule has 1 atom stereocenters. The molecule has 0 aromatic rings. The molecule has 3 nitrogen and oxygen atoms in total. The predicted octanol–water partition coefficient (Wildman–Crippen LogP) is 2.21. The van der Waals surface area contributed by atoms with Crippen LogP contribution in [0.4, 0.5) is 0 Å². The predicted molar refractivity (Wildman–Crippen MR) is 57.8 cm³/mol. The zero-order chi connectivity index (χ0) is 11.2. The zero-order valence-corrected chi connectivity index (χ0v) is 9.76. The van der Waals surface area contributed by atoms with Gasteiger partial charge in [0.1, 0.15) is 5.54 Å². The van der Waals surface area contributed by atoms with Crippen molar-refractivity contribution in [1.29, 1.82) is 5.26 Å². The topological polar surface area (TPSA) is 59.0 Å². The van der Waals surface area contributed by atoms with Gasteiger partial charge in [0.2, 0.25) is 0 Å². The Kier molecular flexibility index (Phi) is 5.11. The second kappa shape index (κ2) is 5.33. The van der Waals surface area contributed by atoms with Gasteiger partial charge in [0.25, 0.3) is 0 Å². The monoisotopic (exact) mass is 198 g/mol. The van der Waals surface area contributed by atoms with Crippen molar-refractivity contribution >= 4 is 0 Å². The van der Waals surface area contributed by atoms with E-state index in [-0.39, 0.29) is 5.60 Å². The van der Waals surface area contributed by atoms with Gasteiger partial charge in [-0.1, -0.05) is 6.92 Å². The van der Waals surface area contributed by atoms with E-state index in [9.17, 15) is 0 Å². The average Bonchev–Trinajstić information content (AvgIpc) is 2.13. The highest BCUT2D eigenvalue weighted by atomic mass is 16.5. The lowest BCUT2D eigenvalue weighted by Gasteiger charge is -2.24. The van der Waals surface area contributed by atoms with Crippen molar-refractivity contribution < 1.29 is 4.74 Å². The van der Waals surface area contributed by atoms with Gasteiger partial charge in [-0.25, -0.2) is 0 Å². The Morgan fingerprint density at radius 2 is 1.93 bits per heavy atom. The smallest absolute Gasteiger partial charge is 0.101 e. The standard InChI is InChI=1S/C11H22N2O/c1-5-10(2,3)14-8-6-7-11(4,13)9-12/h5-8,13H2,1-4H3. The molecule has 82 valence electrons. The van der Waals surface area contributed by atoms with Crippen LogP contribution in [0.15, 0.2) is 0 Å². The average molecular weight is 198 g/mol. The van der Waals surface area contributed by atoms with Gasteiger partial charge in [-0.2, -0.15) is 5.26 Å². The van der Waals surface area contributed by atoms with E-state index in [0.29, 0.717) is 13.0 Å². The summed E-state index contributed by atoms with van der Waals surface area (Å²) < 4.78 is 5.65. The highest BCUT2D eigenvalue weighted by Gasteiger charge is 2.18. The van der Waals surface area contributed by atoms with Crippen molar-refractivity contribution in [3.63, 3.8) is 0 Å². The summed E-state index contributed by atoms with van der Waals surface area (Å²) in [6.07, 6.45) is 2.51. The van der Waals surface area contributed by atoms with Gasteiger partial charge in [-0.15, -0.1) is 0 Å². The van der Waals surface area contributed by atoms with Crippen molar-refractivity contribution in [2.75, 3.05) is 6.61 Å². The molecule has 1 unspecified atom stereocenters. The molecule has 0 aliphatic rings. The molecule has 0 bridgehead atoms. The van der Waals surface area contributed by atoms with Gasteiger partial charge in [0.15, 0.2) is 0 Å². The minimum atomic E-state index is -0.709. The maximum absolute atomic E-state index is 8.68. The molecule has 0 spiro atoms. The molecule has 14 heavy (non-hydrogen) atoms. The first-order chi connectivity index (χ1) is 6.33. The molecular formula is C11H22N2O. The number of nitrogens with zero attached hydrogens (tertiary/aromatic N) is 1. The van der Waals surface area contributed by atoms with Crippen LogP contribution in [0, 0.1) is 11.3 Å². The Morgan fingerprint density at radius 1 is 1.36 bits per heavy atom. The first kappa shape index (κ1) is 13.4. The third kappa shape index (κ3) is 5.95. The number of hydrogen-bond donors (Lipinski definition) is 1. The lowest BCUT2D eigenvalue weighted by molar-refractivity contribution is -0.0224. The summed E-state index contributed by atoms with van der Waals surface area (Å²) in [7, 11) is 0. The van der Waals surface area contributed by atoms with Gasteiger partial charge in [-0.05, 0) is 40.0 Å². The fourth-order valence-corrected chi connectivity index (χ4v) is 0.946. The Labute approximate surface area is 87.2 Å². The minimum Gasteiger partial charge on any atom is -0.376 e. The van der Waals surface area contributed by atoms with Crippen LogP contribution in [-0.4, -0.2) is 17.7 Å². The van der Waals surface area contributed by atoms with E-state index >= 15 is 0 Å². The summed E-state index contributed by atoms with van der Waals surface area (Å²) in [5.41, 5.74) is 4.92. The summed E-state index contributed by atoms with van der Waals surface area (Å²) >= 11 is 0. The van der Waals surface area contributed by atoms with Crippen molar-refractivity contribution in [3.8, 4) is 6.07 Å². The first-order valence-electron chi connectivity index (χ1n) is 5.17. The Bertz CT molecular complexity index is 204. The van der Waals surface area contributed by atoms with Crippen LogP contribution in [0.25, 0.3) is 0 Å². The molecule has 3 heteroatoms. The highest BCUT2D eigenvalue weighted by molar-refractivity contribution is 5.00. The number of nitrogens with two attached hydrogens (primary N) is 1. The van der Waals surface area contributed by atoms with E-state index in [0.717, 1.165) is 12.8 Å². The third-order valence-electron chi connectivity index (χ3n) is 2.44. The van der Waals surface area contributed by atoms with Crippen molar-refractivity contribution in [1.82, 2.24) is 0 Å². The number of hydrogen-bond acceptors (Lipinski definition) is 3. The maximum Gasteiger partial charge on any atom is 0.101 e. The molecule has 0 amide bonds. The van der Waals surface area contributed by atoms with Crippen LogP contribution >= 0.6 is 0 Å². The van der Waals surface area contributed by atoms with E-state index in [1.807, 2.05) is 0 Å². The molecule has 0 rings (SSSR count). The van der Waals surface area contributed by atoms with Gasteiger partial charge < -0.3 is 10.5 Å². The van der Waals surface area contributed by atoms with Crippen LogP contribution < -0.4 is 5.73 Å². The SMILES string of the molecule is CCC(C)(C)OCCCC(C)(N)C#N. The Morgan fingerprint density at radius 3 is 2.36 bits per heavy atom. The molecule has 0 radical (unpaired) electrons. The lowest BCUT2D eigenvalue weighted by Crippen LogP contribution is -2.34. The van der Waals surface area contributed by atoms with Crippen LogP contribution in [0.2, 0.25) is 0 Å². The second-order valence-corrected chi connectivity index (χ2v) is 4.59. The van der Waals surface area contributed by atoms with Gasteiger partial charge in [0, 0.05) is 6.61 Å². The zero-order valence-electron chi connectivity index (χ0n) is 9.76. The molecule has 0 aromatic carbocycles. The molecule has 0 aromatic heterocycles. The number of rotatable bonds is 6. The molecule has 0 saturated heterocycles. The summed E-state index contributed by atoms with van der Waals surface area (Å²) in [6.45, 7) is 8.66. The van der Waals surface area contributed by atoms with E-state index < -0.39 is 5.54 Å². The summed E-state index contributed by atoms with van der Waals surface area (Å²) in [5.74, 6) is 0. The summed E-state index contributed by atoms with van der Waals surface area (Å²) in [4.78, 5) is 0. The van der Waals surface area contributed by atoms with Crippen LogP contribution in [0.1, 0.15) is 47.0 Å². The molecular weight excluding hydrogens is 176 g/mol. The van der Waals surface area contributed by atoms with Crippen molar-refractivity contribution in [3.05, 3.63) is 0 Å². The first-order valence-corrected chi connectivity index (χ1v) is 5.17. The maximum atomic E-state index is 8.68. The molecule has 0 fully saturated rings. The normalized spacial score (nSPS) is 16.0. The summed E-state index contributed by atoms with van der Waals surface area (Å²) in [6, 6.07) is 2.08. The van der Waals surface area contributed by atoms with Gasteiger partial charge in [-0.3, -0.25) is 0 Å². The Balaban J connectivity index is 3.63. The molecule has 0 aliphatic heterocycles. The second-order valence-electron chi connectivity index (χ2n) is 4.59. The van der Waals surface area contributed by atoms with Crippen LogP contribution in [-0.2, 0) is 4.74 Å². The highest BCUT2D eigenvalue weighted by Crippen LogP contribution is 2.15. The van der Waals surface area contributed by atoms with E-state index in [1.54, 1.807) is 6.92 Å². The van der Waals surface area contributed by atoms with Crippen molar-refractivity contribution in [2.45, 2.75) is 58.1 Å². The molecule has 0 aliphatic carbocycles. The quantitative estimate of drug-likeness (QED) is 0.666. The van der Waals surface area contributed by atoms with E-state index in [1.165, 1.54) is 0 Å². The van der Waals surface area contributed by atoms with E-state index in [2.05, 4.69) is 26.8 Å². The molecule has 0 saturated carbocycles. The Hall–Kier alpha value is -0.590. The number of ether oxygens (including phenoxy) is 1. The van der Waals surface area contributed by atoms with E-state index in [4.69, 9.17) is 15.7 Å². The van der Waals surface area contributed by atoms with Crippen LogP contribution in [0.5, 0.6) is 0 Å². The fourth-order valence-electron chi connectivity index (χ4n) is 0.946. The largest absolute Gasteiger partial charge is 0.376 e. The van der Waals surface area contributed by atoms with Gasteiger partial charge in [0.05, 0.1) is 11.7 Å². The fraction of sp³-hybridized carbons (Fsp3) is 0.909. The van der Waals surface area contributed by atoms with Crippen LogP contribution in [0.3, 0.4) is 0 Å². The molecule has 0 heterocycles. The molecule has 2 N–H and O–H groups in total.